The predicted molar refractivity (Wildman–Crippen MR) is 71.9 cm³/mol. The fourth-order valence-electron chi connectivity index (χ4n) is 1.51. The maximum atomic E-state index is 11.5. The summed E-state index contributed by atoms with van der Waals surface area (Å²) in [5.41, 5.74) is 5.88. The summed E-state index contributed by atoms with van der Waals surface area (Å²) in [5, 5.41) is 7.38. The zero-order chi connectivity index (χ0) is 13.6. The number of hydrogen-bond donors (Lipinski definition) is 2. The van der Waals surface area contributed by atoms with Gasteiger partial charge in [-0.25, -0.2) is 8.42 Å². The van der Waals surface area contributed by atoms with E-state index in [2.05, 4.69) is 0 Å². The van der Waals surface area contributed by atoms with Gasteiger partial charge in [-0.2, -0.15) is 0 Å². The molecule has 100 valence electrons. The Morgan fingerprint density at radius 1 is 1.33 bits per heavy atom. The number of nitrogens with two attached hydrogens (primary N) is 1. The SMILES string of the molecule is CCCS(=O)(=O)CCOc1ccccc1C(=N)N. The van der Waals surface area contributed by atoms with Crippen molar-refractivity contribution in [3.8, 4) is 5.75 Å². The molecule has 0 unspecified atom stereocenters. The molecule has 0 saturated carbocycles. The molecule has 1 rings (SSSR count). The third-order valence-corrected chi connectivity index (χ3v) is 4.16. The smallest absolute Gasteiger partial charge is 0.153 e. The van der Waals surface area contributed by atoms with Gasteiger partial charge in [0, 0.05) is 0 Å². The molecule has 3 N–H and O–H groups in total. The summed E-state index contributed by atoms with van der Waals surface area (Å²) in [6.07, 6.45) is 0.604. The van der Waals surface area contributed by atoms with Gasteiger partial charge in [0.1, 0.15) is 18.2 Å². The Balaban J connectivity index is 2.62. The van der Waals surface area contributed by atoms with Gasteiger partial charge in [0.25, 0.3) is 0 Å². The van der Waals surface area contributed by atoms with Crippen LogP contribution in [0, 0.1) is 5.41 Å². The number of amidine groups is 1. The van der Waals surface area contributed by atoms with Gasteiger partial charge in [0.15, 0.2) is 9.84 Å². The second-order valence-electron chi connectivity index (χ2n) is 3.91. The molecule has 0 aliphatic heterocycles. The summed E-state index contributed by atoms with van der Waals surface area (Å²) in [6, 6.07) is 6.83. The second kappa shape index (κ2) is 6.39. The molecule has 0 fully saturated rings. The zero-order valence-electron chi connectivity index (χ0n) is 10.3. The van der Waals surface area contributed by atoms with Crippen LogP contribution in [-0.4, -0.2) is 32.4 Å². The highest BCUT2D eigenvalue weighted by Gasteiger charge is 2.11. The largest absolute Gasteiger partial charge is 0.492 e. The number of benzene rings is 1. The van der Waals surface area contributed by atoms with E-state index in [4.69, 9.17) is 15.9 Å². The molecule has 0 spiro atoms. The number of sulfone groups is 1. The van der Waals surface area contributed by atoms with Crippen LogP contribution in [0.2, 0.25) is 0 Å². The Morgan fingerprint density at radius 3 is 2.61 bits per heavy atom. The molecule has 0 aliphatic rings. The first-order chi connectivity index (χ1) is 8.46. The molecule has 0 aliphatic carbocycles. The Bertz CT molecular complexity index is 512. The predicted octanol–water partition coefficient (Wildman–Crippen LogP) is 1.17. The number of para-hydroxylation sites is 1. The van der Waals surface area contributed by atoms with Crippen molar-refractivity contribution in [1.29, 1.82) is 5.41 Å². The van der Waals surface area contributed by atoms with Crippen LogP contribution in [-0.2, 0) is 9.84 Å². The molecule has 0 saturated heterocycles. The van der Waals surface area contributed by atoms with Crippen molar-refractivity contribution >= 4 is 15.7 Å². The number of hydrogen-bond acceptors (Lipinski definition) is 4. The summed E-state index contributed by atoms with van der Waals surface area (Å²) in [5.74, 6) is 0.497. The van der Waals surface area contributed by atoms with Crippen LogP contribution in [0.1, 0.15) is 18.9 Å². The standard InChI is InChI=1S/C12H18N2O3S/c1-2-8-18(15,16)9-7-17-11-6-4-3-5-10(11)12(13)14/h3-6H,2,7-9H2,1H3,(H3,13,14). The van der Waals surface area contributed by atoms with Crippen LogP contribution in [0.5, 0.6) is 5.75 Å². The number of nitrogens with one attached hydrogen (secondary N) is 1. The minimum atomic E-state index is -3.04. The average Bonchev–Trinajstić information content (AvgIpc) is 2.29. The molecule has 18 heavy (non-hydrogen) atoms. The Morgan fingerprint density at radius 2 is 2.00 bits per heavy atom. The molecule has 0 heterocycles. The van der Waals surface area contributed by atoms with E-state index >= 15 is 0 Å². The summed E-state index contributed by atoms with van der Waals surface area (Å²) < 4.78 is 28.4. The van der Waals surface area contributed by atoms with E-state index in [-0.39, 0.29) is 23.9 Å². The van der Waals surface area contributed by atoms with Crippen molar-refractivity contribution in [2.45, 2.75) is 13.3 Å². The first kappa shape index (κ1) is 14.5. The highest BCUT2D eigenvalue weighted by Crippen LogP contribution is 2.17. The maximum absolute atomic E-state index is 11.5. The van der Waals surface area contributed by atoms with Gasteiger partial charge in [-0.3, -0.25) is 5.41 Å². The monoisotopic (exact) mass is 270 g/mol. The summed E-state index contributed by atoms with van der Waals surface area (Å²) in [4.78, 5) is 0. The van der Waals surface area contributed by atoms with Crippen molar-refractivity contribution in [2.24, 2.45) is 5.73 Å². The maximum Gasteiger partial charge on any atom is 0.153 e. The van der Waals surface area contributed by atoms with Gasteiger partial charge in [-0.1, -0.05) is 19.1 Å². The van der Waals surface area contributed by atoms with Crippen molar-refractivity contribution in [3.63, 3.8) is 0 Å². The highest BCUT2D eigenvalue weighted by molar-refractivity contribution is 7.91. The summed E-state index contributed by atoms with van der Waals surface area (Å²) in [6.45, 7) is 1.90. The third kappa shape index (κ3) is 4.37. The molecular formula is C12H18N2O3S. The van der Waals surface area contributed by atoms with Crippen LogP contribution in [0.4, 0.5) is 0 Å². The van der Waals surface area contributed by atoms with Crippen LogP contribution < -0.4 is 10.5 Å². The minimum Gasteiger partial charge on any atom is -0.492 e. The van der Waals surface area contributed by atoms with Crippen LogP contribution in [0.15, 0.2) is 24.3 Å². The Labute approximate surface area is 107 Å². The number of rotatable bonds is 7. The molecule has 6 heteroatoms. The average molecular weight is 270 g/mol. The van der Waals surface area contributed by atoms with Crippen LogP contribution >= 0.6 is 0 Å². The molecule has 0 bridgehead atoms. The third-order valence-electron chi connectivity index (χ3n) is 2.34. The number of nitrogen functional groups attached to an aromatic ring is 1. The van der Waals surface area contributed by atoms with E-state index < -0.39 is 9.84 Å². The van der Waals surface area contributed by atoms with Crippen molar-refractivity contribution < 1.29 is 13.2 Å². The first-order valence-corrected chi connectivity index (χ1v) is 7.55. The van der Waals surface area contributed by atoms with Gasteiger partial charge < -0.3 is 10.5 Å². The van der Waals surface area contributed by atoms with E-state index in [1.54, 1.807) is 24.3 Å². The van der Waals surface area contributed by atoms with Crippen molar-refractivity contribution in [2.75, 3.05) is 18.1 Å². The lowest BCUT2D eigenvalue weighted by atomic mass is 10.2. The van der Waals surface area contributed by atoms with Crippen LogP contribution in [0.25, 0.3) is 0 Å². The highest BCUT2D eigenvalue weighted by atomic mass is 32.2. The molecule has 0 aromatic heterocycles. The van der Waals surface area contributed by atoms with E-state index in [1.165, 1.54) is 0 Å². The van der Waals surface area contributed by atoms with Crippen molar-refractivity contribution in [1.82, 2.24) is 0 Å². The fourth-order valence-corrected chi connectivity index (χ4v) is 2.67. The topological polar surface area (TPSA) is 93.2 Å². The quantitative estimate of drug-likeness (QED) is 0.574. The normalized spacial score (nSPS) is 11.2. The van der Waals surface area contributed by atoms with Gasteiger partial charge in [0.05, 0.1) is 17.1 Å². The Hall–Kier alpha value is -1.56. The van der Waals surface area contributed by atoms with Crippen molar-refractivity contribution in [3.05, 3.63) is 29.8 Å². The van der Waals surface area contributed by atoms with Gasteiger partial charge in [0.2, 0.25) is 0 Å². The molecule has 0 atom stereocenters. The van der Waals surface area contributed by atoms with E-state index in [1.807, 2.05) is 6.92 Å². The zero-order valence-corrected chi connectivity index (χ0v) is 11.2. The number of ether oxygens (including phenoxy) is 1. The first-order valence-electron chi connectivity index (χ1n) is 5.73. The summed E-state index contributed by atoms with van der Waals surface area (Å²) in [7, 11) is -3.04. The molecule has 1 aromatic carbocycles. The van der Waals surface area contributed by atoms with Gasteiger partial charge in [-0.15, -0.1) is 0 Å². The van der Waals surface area contributed by atoms with E-state index in [0.29, 0.717) is 17.7 Å². The Kier molecular flexibility index (Phi) is 5.15. The molecular weight excluding hydrogens is 252 g/mol. The molecule has 0 amide bonds. The fraction of sp³-hybridized carbons (Fsp3) is 0.417. The lowest BCUT2D eigenvalue weighted by molar-refractivity contribution is 0.340. The van der Waals surface area contributed by atoms with Crippen LogP contribution in [0.3, 0.4) is 0 Å². The second-order valence-corrected chi connectivity index (χ2v) is 6.21. The molecule has 1 aromatic rings. The molecule has 5 nitrogen and oxygen atoms in total. The molecule has 0 radical (unpaired) electrons. The van der Waals surface area contributed by atoms with Gasteiger partial charge >= 0.3 is 0 Å². The van der Waals surface area contributed by atoms with E-state index in [0.717, 1.165) is 0 Å². The van der Waals surface area contributed by atoms with E-state index in [9.17, 15) is 8.42 Å². The lowest BCUT2D eigenvalue weighted by Crippen LogP contribution is -2.18. The minimum absolute atomic E-state index is 0.0208. The van der Waals surface area contributed by atoms with Gasteiger partial charge in [-0.05, 0) is 18.6 Å². The lowest BCUT2D eigenvalue weighted by Gasteiger charge is -2.10. The summed E-state index contributed by atoms with van der Waals surface area (Å²) >= 11 is 0.